The van der Waals surface area contributed by atoms with Crippen molar-refractivity contribution < 1.29 is 9.59 Å². The Kier molecular flexibility index (Phi) is 3.59. The van der Waals surface area contributed by atoms with E-state index in [4.69, 9.17) is 0 Å². The van der Waals surface area contributed by atoms with Crippen LogP contribution in [0.2, 0.25) is 0 Å². The number of hydrogen-bond acceptors (Lipinski definition) is 3. The van der Waals surface area contributed by atoms with E-state index in [9.17, 15) is 9.59 Å². The van der Waals surface area contributed by atoms with Gasteiger partial charge in [-0.3, -0.25) is 14.5 Å². The molecule has 1 N–H and O–H groups in total. The molecule has 0 aromatic carbocycles. The molecular weight excluding hydrogens is 204 g/mol. The molecule has 90 valence electrons. The normalized spacial score (nSPS) is 25.6. The summed E-state index contributed by atoms with van der Waals surface area (Å²) < 4.78 is 0. The summed E-state index contributed by atoms with van der Waals surface area (Å²) in [5.41, 5.74) is 0. The van der Waals surface area contributed by atoms with Crippen molar-refractivity contribution in [3.8, 4) is 0 Å². The minimum Gasteiger partial charge on any atom is -0.305 e. The molecule has 1 atom stereocenters. The topological polar surface area (TPSA) is 49.4 Å². The number of likely N-dealkylation sites (tertiary alicyclic amines) is 1. The van der Waals surface area contributed by atoms with Crippen LogP contribution < -0.4 is 5.32 Å². The average Bonchev–Trinajstić information content (AvgIpc) is 3.03. The van der Waals surface area contributed by atoms with E-state index in [1.54, 1.807) is 0 Å². The number of carbonyl (C=O) groups is 2. The molecule has 1 heterocycles. The van der Waals surface area contributed by atoms with Gasteiger partial charge in [0.1, 0.15) is 0 Å². The van der Waals surface area contributed by atoms with Crippen molar-refractivity contribution in [3.63, 3.8) is 0 Å². The summed E-state index contributed by atoms with van der Waals surface area (Å²) in [6.45, 7) is 3.42. The number of nitrogens with zero attached hydrogens (tertiary/aromatic N) is 1. The zero-order valence-corrected chi connectivity index (χ0v) is 9.87. The summed E-state index contributed by atoms with van der Waals surface area (Å²) in [5.74, 6) is 0.824. The third kappa shape index (κ3) is 2.61. The molecule has 16 heavy (non-hydrogen) atoms. The van der Waals surface area contributed by atoms with Gasteiger partial charge < -0.3 is 5.32 Å². The first-order valence-corrected chi connectivity index (χ1v) is 6.30. The number of amides is 2. The van der Waals surface area contributed by atoms with Crippen LogP contribution in [0.25, 0.3) is 0 Å². The van der Waals surface area contributed by atoms with E-state index in [2.05, 4.69) is 5.32 Å². The fourth-order valence-electron chi connectivity index (χ4n) is 2.17. The van der Waals surface area contributed by atoms with Gasteiger partial charge in [-0.15, -0.1) is 0 Å². The van der Waals surface area contributed by atoms with Crippen LogP contribution in [0.3, 0.4) is 0 Å². The molecule has 2 rings (SSSR count). The first kappa shape index (κ1) is 11.6. The molecule has 0 aromatic rings. The lowest BCUT2D eigenvalue weighted by molar-refractivity contribution is -0.138. The molecule has 1 saturated carbocycles. The van der Waals surface area contributed by atoms with Gasteiger partial charge in [0.25, 0.3) is 0 Å². The smallest absolute Gasteiger partial charge is 0.246 e. The van der Waals surface area contributed by atoms with E-state index in [0.717, 1.165) is 25.3 Å². The van der Waals surface area contributed by atoms with Crippen LogP contribution >= 0.6 is 0 Å². The van der Waals surface area contributed by atoms with E-state index in [-0.39, 0.29) is 17.9 Å². The van der Waals surface area contributed by atoms with Crippen molar-refractivity contribution >= 4 is 11.8 Å². The average molecular weight is 224 g/mol. The van der Waals surface area contributed by atoms with Crippen molar-refractivity contribution in [1.29, 1.82) is 0 Å². The molecule has 0 bridgehead atoms. The second-order valence-electron chi connectivity index (χ2n) is 4.83. The Morgan fingerprint density at radius 2 is 2.12 bits per heavy atom. The Labute approximate surface area is 96.4 Å². The molecule has 2 fully saturated rings. The Hall–Kier alpha value is -0.900. The van der Waals surface area contributed by atoms with Gasteiger partial charge >= 0.3 is 0 Å². The Morgan fingerprint density at radius 3 is 2.75 bits per heavy atom. The number of nitrogens with one attached hydrogen (secondary N) is 1. The molecule has 2 aliphatic rings. The third-order valence-electron chi connectivity index (χ3n) is 3.33. The van der Waals surface area contributed by atoms with E-state index >= 15 is 0 Å². The maximum Gasteiger partial charge on any atom is 0.246 e. The van der Waals surface area contributed by atoms with Crippen molar-refractivity contribution in [1.82, 2.24) is 10.2 Å². The number of carbonyl (C=O) groups excluding carboxylic acids is 2. The molecular formula is C12H20N2O2. The minimum absolute atomic E-state index is 0.0178. The molecule has 0 aromatic heterocycles. The predicted octanol–water partition coefficient (Wildman–Crippen LogP) is 0.914. The second kappa shape index (κ2) is 4.95. The van der Waals surface area contributed by atoms with Crippen molar-refractivity contribution in [3.05, 3.63) is 0 Å². The van der Waals surface area contributed by atoms with Gasteiger partial charge in [-0.05, 0) is 25.3 Å². The molecule has 4 heteroatoms. The van der Waals surface area contributed by atoms with Gasteiger partial charge in [-0.1, -0.05) is 19.8 Å². The lowest BCUT2D eigenvalue weighted by Gasteiger charge is -2.14. The zero-order chi connectivity index (χ0) is 11.5. The van der Waals surface area contributed by atoms with Crippen LogP contribution in [0.5, 0.6) is 0 Å². The van der Waals surface area contributed by atoms with Crippen molar-refractivity contribution in [2.24, 2.45) is 5.92 Å². The molecule has 1 unspecified atom stereocenters. The van der Waals surface area contributed by atoms with Crippen LogP contribution in [0.4, 0.5) is 0 Å². The fraction of sp³-hybridized carbons (Fsp3) is 0.833. The predicted molar refractivity (Wildman–Crippen MR) is 60.8 cm³/mol. The highest BCUT2D eigenvalue weighted by Crippen LogP contribution is 2.31. The van der Waals surface area contributed by atoms with E-state index in [0.29, 0.717) is 13.0 Å². The van der Waals surface area contributed by atoms with Gasteiger partial charge in [0.2, 0.25) is 11.8 Å². The zero-order valence-electron chi connectivity index (χ0n) is 9.87. The lowest BCUT2D eigenvalue weighted by Crippen LogP contribution is -2.39. The Balaban J connectivity index is 1.77. The summed E-state index contributed by atoms with van der Waals surface area (Å²) in [6, 6.07) is -0.252. The summed E-state index contributed by atoms with van der Waals surface area (Å²) in [5, 5.41) is 3.21. The van der Waals surface area contributed by atoms with Crippen molar-refractivity contribution in [2.75, 3.05) is 13.1 Å². The summed E-state index contributed by atoms with van der Waals surface area (Å²) in [4.78, 5) is 24.8. The van der Waals surface area contributed by atoms with Crippen molar-refractivity contribution in [2.45, 2.75) is 45.1 Å². The molecule has 4 nitrogen and oxygen atoms in total. The maximum atomic E-state index is 11.8. The highest BCUT2D eigenvalue weighted by atomic mass is 16.2. The first-order valence-electron chi connectivity index (χ1n) is 6.30. The van der Waals surface area contributed by atoms with Crippen LogP contribution in [0.15, 0.2) is 0 Å². The quantitative estimate of drug-likeness (QED) is 0.682. The van der Waals surface area contributed by atoms with Crippen LogP contribution in [0.1, 0.15) is 39.0 Å². The molecule has 0 radical (unpaired) electrons. The molecule has 1 aliphatic carbocycles. The molecule has 0 spiro atoms. The van der Waals surface area contributed by atoms with E-state index in [1.807, 2.05) is 6.92 Å². The van der Waals surface area contributed by atoms with Gasteiger partial charge in [0, 0.05) is 6.54 Å². The number of imide groups is 1. The molecule has 1 aliphatic heterocycles. The Morgan fingerprint density at radius 1 is 1.38 bits per heavy atom. The summed E-state index contributed by atoms with van der Waals surface area (Å²) in [7, 11) is 0. The van der Waals surface area contributed by atoms with Gasteiger partial charge in [0.15, 0.2) is 0 Å². The van der Waals surface area contributed by atoms with Gasteiger partial charge in [0.05, 0.1) is 12.5 Å². The van der Waals surface area contributed by atoms with Gasteiger partial charge in [-0.25, -0.2) is 0 Å². The number of hydrogen-bond donors (Lipinski definition) is 1. The van der Waals surface area contributed by atoms with Gasteiger partial charge in [-0.2, -0.15) is 0 Å². The number of rotatable bonds is 6. The highest BCUT2D eigenvalue weighted by molar-refractivity contribution is 6.05. The first-order chi connectivity index (χ1) is 7.72. The van der Waals surface area contributed by atoms with Crippen LogP contribution in [0, 0.1) is 5.92 Å². The third-order valence-corrected chi connectivity index (χ3v) is 3.33. The van der Waals surface area contributed by atoms with E-state index in [1.165, 1.54) is 17.7 Å². The minimum atomic E-state index is -0.252. The largest absolute Gasteiger partial charge is 0.305 e. The summed E-state index contributed by atoms with van der Waals surface area (Å²) >= 11 is 0. The van der Waals surface area contributed by atoms with Crippen LogP contribution in [-0.4, -0.2) is 35.8 Å². The highest BCUT2D eigenvalue weighted by Gasteiger charge is 2.37. The second-order valence-corrected chi connectivity index (χ2v) is 4.83. The monoisotopic (exact) mass is 224 g/mol. The molecule has 1 saturated heterocycles. The maximum absolute atomic E-state index is 11.8. The molecule has 2 amide bonds. The summed E-state index contributed by atoms with van der Waals surface area (Å²) in [6.07, 6.45) is 5.00. The Bertz CT molecular complexity index is 287. The fourth-order valence-corrected chi connectivity index (χ4v) is 2.17. The van der Waals surface area contributed by atoms with E-state index < -0.39 is 0 Å². The van der Waals surface area contributed by atoms with Crippen LogP contribution in [-0.2, 0) is 9.59 Å². The lowest BCUT2D eigenvalue weighted by atomic mass is 10.2. The SMILES string of the molecule is CCCN1C(=O)CC(NCCC2CC2)C1=O. The standard InChI is InChI=1S/C12H20N2O2/c1-2-7-14-11(15)8-10(12(14)16)13-6-5-9-3-4-9/h9-10,13H,2-8H2,1H3.